The van der Waals surface area contributed by atoms with Crippen molar-refractivity contribution >= 4 is 16.9 Å². The Balaban J connectivity index is 1.99. The lowest BCUT2D eigenvalue weighted by molar-refractivity contribution is -0.247. The fourth-order valence-electron chi connectivity index (χ4n) is 4.17. The first-order chi connectivity index (χ1) is 13.4. The number of aromatic nitrogens is 1. The Morgan fingerprint density at radius 1 is 1.25 bits per heavy atom. The number of carbonyl (C=O) groups is 1. The maximum atomic E-state index is 14.8. The molecule has 0 saturated heterocycles. The summed E-state index contributed by atoms with van der Waals surface area (Å²) in [5, 5.41) is 0.842. The van der Waals surface area contributed by atoms with Crippen molar-refractivity contribution in [3.63, 3.8) is 0 Å². The van der Waals surface area contributed by atoms with Gasteiger partial charge in [-0.15, -0.1) is 0 Å². The van der Waals surface area contributed by atoms with Gasteiger partial charge in [-0.3, -0.25) is 4.79 Å². The quantitative estimate of drug-likeness (QED) is 0.618. The third-order valence-electron chi connectivity index (χ3n) is 5.33. The molecule has 28 heavy (non-hydrogen) atoms. The second-order valence-corrected chi connectivity index (χ2v) is 7.38. The largest absolute Gasteiger partial charge is 0.427 e. The van der Waals surface area contributed by atoms with Crippen LogP contribution in [-0.2, 0) is 26.5 Å². The van der Waals surface area contributed by atoms with E-state index in [-0.39, 0.29) is 5.82 Å². The van der Waals surface area contributed by atoms with E-state index >= 15 is 0 Å². The van der Waals surface area contributed by atoms with Crippen LogP contribution < -0.4 is 0 Å². The Labute approximate surface area is 163 Å². The molecule has 0 bridgehead atoms. The number of ether oxygens (including phenoxy) is 2. The van der Waals surface area contributed by atoms with E-state index in [2.05, 4.69) is 4.98 Å². The molecule has 0 spiro atoms. The number of hydrogen-bond donors (Lipinski definition) is 1. The Hall–Kier alpha value is -2.66. The minimum absolute atomic E-state index is 0.325. The molecule has 3 aromatic rings. The van der Waals surface area contributed by atoms with E-state index in [4.69, 9.17) is 9.47 Å². The Kier molecular flexibility index (Phi) is 4.71. The number of rotatable bonds is 4. The molecule has 146 valence electrons. The van der Waals surface area contributed by atoms with Crippen molar-refractivity contribution < 1.29 is 18.7 Å². The topological polar surface area (TPSA) is 51.3 Å². The maximum absolute atomic E-state index is 14.8. The average Bonchev–Trinajstić information content (AvgIpc) is 3.05. The predicted molar refractivity (Wildman–Crippen MR) is 106 cm³/mol. The molecule has 0 fully saturated rings. The van der Waals surface area contributed by atoms with Crippen molar-refractivity contribution in [1.82, 2.24) is 4.98 Å². The second-order valence-electron chi connectivity index (χ2n) is 7.38. The molecule has 1 N–H and O–H groups in total. The first kappa shape index (κ1) is 18.7. The van der Waals surface area contributed by atoms with Crippen LogP contribution >= 0.6 is 0 Å². The highest BCUT2D eigenvalue weighted by Crippen LogP contribution is 2.44. The van der Waals surface area contributed by atoms with E-state index < -0.39 is 11.8 Å². The number of hydrogen-bond acceptors (Lipinski definition) is 3. The van der Waals surface area contributed by atoms with Crippen LogP contribution in [0.2, 0.25) is 0 Å². The molecule has 0 saturated carbocycles. The summed E-state index contributed by atoms with van der Waals surface area (Å²) in [7, 11) is 0. The number of aryl methyl sites for hydroxylation is 1. The molecule has 0 amide bonds. The van der Waals surface area contributed by atoms with Crippen molar-refractivity contribution in [2.45, 2.75) is 45.8 Å². The fourth-order valence-corrected chi connectivity index (χ4v) is 4.17. The monoisotopic (exact) mass is 381 g/mol. The van der Waals surface area contributed by atoms with Gasteiger partial charge < -0.3 is 14.5 Å². The van der Waals surface area contributed by atoms with Gasteiger partial charge in [0.15, 0.2) is 0 Å². The van der Waals surface area contributed by atoms with Crippen LogP contribution in [0.1, 0.15) is 43.5 Å². The first-order valence-corrected chi connectivity index (χ1v) is 9.69. The zero-order valence-electron chi connectivity index (χ0n) is 16.4. The number of H-pyrrole nitrogens is 1. The van der Waals surface area contributed by atoms with Crippen LogP contribution in [-0.4, -0.2) is 17.6 Å². The summed E-state index contributed by atoms with van der Waals surface area (Å²) in [5.74, 6) is -1.93. The third-order valence-corrected chi connectivity index (χ3v) is 5.33. The van der Waals surface area contributed by atoms with Crippen LogP contribution in [0.3, 0.4) is 0 Å². The van der Waals surface area contributed by atoms with E-state index in [0.29, 0.717) is 30.7 Å². The summed E-state index contributed by atoms with van der Waals surface area (Å²) in [4.78, 5) is 15.0. The van der Waals surface area contributed by atoms with Crippen molar-refractivity contribution in [1.29, 1.82) is 0 Å². The number of carbonyl (C=O) groups excluding carboxylic acids is 1. The molecule has 0 radical (unpaired) electrons. The number of fused-ring (bicyclic) bond motifs is 3. The highest BCUT2D eigenvalue weighted by Gasteiger charge is 2.43. The molecule has 0 aliphatic carbocycles. The summed E-state index contributed by atoms with van der Waals surface area (Å²) < 4.78 is 26.4. The van der Waals surface area contributed by atoms with Gasteiger partial charge in [0, 0.05) is 18.7 Å². The molecule has 4 rings (SSSR count). The predicted octanol–water partition coefficient (Wildman–Crippen LogP) is 5.37. The second kappa shape index (κ2) is 7.06. The smallest absolute Gasteiger partial charge is 0.305 e. The summed E-state index contributed by atoms with van der Waals surface area (Å²) >= 11 is 0. The number of esters is 1. The van der Waals surface area contributed by atoms with Crippen molar-refractivity contribution in [3.8, 4) is 11.1 Å². The average molecular weight is 381 g/mol. The van der Waals surface area contributed by atoms with Gasteiger partial charge in [0.25, 0.3) is 5.79 Å². The zero-order chi connectivity index (χ0) is 19.9. The molecule has 1 atom stereocenters. The van der Waals surface area contributed by atoms with Gasteiger partial charge in [-0.2, -0.15) is 0 Å². The minimum atomic E-state index is -1.19. The fraction of sp³-hybridized carbons (Fsp3) is 0.348. The molecule has 1 unspecified atom stereocenters. The van der Waals surface area contributed by atoms with E-state index in [9.17, 15) is 9.18 Å². The number of halogens is 1. The summed E-state index contributed by atoms with van der Waals surface area (Å²) in [5.41, 5.74) is 5.21. The van der Waals surface area contributed by atoms with Gasteiger partial charge in [-0.05, 0) is 42.5 Å². The molecule has 1 aromatic heterocycles. The van der Waals surface area contributed by atoms with Crippen LogP contribution in [0.25, 0.3) is 22.0 Å². The van der Waals surface area contributed by atoms with Gasteiger partial charge in [-0.25, -0.2) is 4.39 Å². The number of nitrogens with one attached hydrogen (secondary N) is 1. The molecule has 4 nitrogen and oxygen atoms in total. The molecule has 1 aliphatic heterocycles. The molecular formula is C23H24FNO3. The van der Waals surface area contributed by atoms with Gasteiger partial charge in [-0.1, -0.05) is 42.8 Å². The van der Waals surface area contributed by atoms with Crippen molar-refractivity contribution in [3.05, 3.63) is 59.0 Å². The lowest BCUT2D eigenvalue weighted by Gasteiger charge is -2.36. The SMILES string of the molecule is CCCC1(OC(C)=O)OCCc2c1[nH]c1c(F)ccc(-c3ccc(C)cc3)c21. The van der Waals surface area contributed by atoms with Crippen molar-refractivity contribution in [2.24, 2.45) is 0 Å². The molecular weight excluding hydrogens is 357 g/mol. The molecule has 5 heteroatoms. The highest BCUT2D eigenvalue weighted by molar-refractivity contribution is 5.99. The molecule has 2 heterocycles. The lowest BCUT2D eigenvalue weighted by Crippen LogP contribution is -2.39. The van der Waals surface area contributed by atoms with Gasteiger partial charge in [0.2, 0.25) is 0 Å². The number of benzene rings is 2. The van der Waals surface area contributed by atoms with Gasteiger partial charge in [0.05, 0.1) is 17.8 Å². The Morgan fingerprint density at radius 3 is 2.68 bits per heavy atom. The van der Waals surface area contributed by atoms with Crippen molar-refractivity contribution in [2.75, 3.05) is 6.61 Å². The highest BCUT2D eigenvalue weighted by atomic mass is 19.1. The van der Waals surface area contributed by atoms with Gasteiger partial charge >= 0.3 is 5.97 Å². The van der Waals surface area contributed by atoms with Crippen LogP contribution in [0.4, 0.5) is 4.39 Å². The van der Waals surface area contributed by atoms with E-state index in [1.807, 2.05) is 44.2 Å². The van der Waals surface area contributed by atoms with Crippen LogP contribution in [0.5, 0.6) is 0 Å². The van der Waals surface area contributed by atoms with Crippen LogP contribution in [0.15, 0.2) is 36.4 Å². The summed E-state index contributed by atoms with van der Waals surface area (Å²) in [6.45, 7) is 5.83. The third kappa shape index (κ3) is 3.00. The van der Waals surface area contributed by atoms with Gasteiger partial charge in [0.1, 0.15) is 5.82 Å². The standard InChI is InChI=1S/C23H24FNO3/c1-4-12-23(28-15(3)26)22-18(11-13-27-23)20-17(9-10-19(24)21(20)25-22)16-7-5-14(2)6-8-16/h5-10,25H,4,11-13H2,1-3H3. The molecule has 2 aromatic carbocycles. The molecule has 1 aliphatic rings. The van der Waals surface area contributed by atoms with E-state index in [1.54, 1.807) is 0 Å². The zero-order valence-corrected chi connectivity index (χ0v) is 16.4. The number of aromatic amines is 1. The van der Waals surface area contributed by atoms with Crippen LogP contribution in [0, 0.1) is 12.7 Å². The van der Waals surface area contributed by atoms with E-state index in [1.165, 1.54) is 18.6 Å². The maximum Gasteiger partial charge on any atom is 0.305 e. The normalized spacial score (nSPS) is 18.9. The first-order valence-electron chi connectivity index (χ1n) is 9.69. The minimum Gasteiger partial charge on any atom is -0.427 e. The Bertz CT molecular complexity index is 1040. The lowest BCUT2D eigenvalue weighted by atomic mass is 9.92. The summed E-state index contributed by atoms with van der Waals surface area (Å²) in [6.07, 6.45) is 1.90. The summed E-state index contributed by atoms with van der Waals surface area (Å²) in [6, 6.07) is 11.5. The van der Waals surface area contributed by atoms with E-state index in [0.717, 1.165) is 28.5 Å². The Morgan fingerprint density at radius 2 is 2.00 bits per heavy atom.